The van der Waals surface area contributed by atoms with Crippen LogP contribution >= 0.6 is 0 Å². The molecule has 0 radical (unpaired) electrons. The lowest BCUT2D eigenvalue weighted by Gasteiger charge is -2.30. The van der Waals surface area contributed by atoms with Crippen LogP contribution in [0.1, 0.15) is 52.4 Å². The number of hydrogen-bond donors (Lipinski definition) is 0. The van der Waals surface area contributed by atoms with E-state index in [-0.39, 0.29) is 6.04 Å². The summed E-state index contributed by atoms with van der Waals surface area (Å²) in [6.07, 6.45) is 5.61. The summed E-state index contributed by atoms with van der Waals surface area (Å²) in [5.41, 5.74) is 0. The molecule has 1 fully saturated rings. The second-order valence-electron chi connectivity index (χ2n) is 5.38. The van der Waals surface area contributed by atoms with Crippen LogP contribution in [0.25, 0.3) is 0 Å². The Balaban J connectivity index is 2.64. The molecule has 0 N–H and O–H groups in total. The highest BCUT2D eigenvalue weighted by molar-refractivity contribution is 5.84. The van der Waals surface area contributed by atoms with Crippen molar-refractivity contribution in [2.75, 3.05) is 13.1 Å². The maximum Gasteiger partial charge on any atom is 0.149 e. The number of carbonyl (C=O) groups excluding carboxylic acids is 1. The number of ketones is 1. The first-order valence-electron chi connectivity index (χ1n) is 6.79. The Morgan fingerprint density at radius 3 is 2.82 bits per heavy atom. The minimum Gasteiger partial charge on any atom is -0.298 e. The van der Waals surface area contributed by atoms with Gasteiger partial charge >= 0.3 is 0 Å². The van der Waals surface area contributed by atoms with Gasteiger partial charge in [0, 0.05) is 25.9 Å². The van der Waals surface area contributed by atoms with E-state index in [1.807, 2.05) is 0 Å². The van der Waals surface area contributed by atoms with E-state index in [2.05, 4.69) is 24.8 Å². The average molecular weight is 236 g/mol. The maximum atomic E-state index is 12.1. The molecule has 1 unspecified atom stereocenters. The Bertz CT molecular complexity index is 280. The highest BCUT2D eigenvalue weighted by atomic mass is 16.1. The molecule has 0 aromatic rings. The summed E-state index contributed by atoms with van der Waals surface area (Å²) in [5, 5.41) is 8.71. The fraction of sp³-hybridized carbons (Fsp3) is 0.857. The third kappa shape index (κ3) is 4.87. The van der Waals surface area contributed by atoms with E-state index >= 15 is 0 Å². The Kier molecular flexibility index (Phi) is 6.21. The van der Waals surface area contributed by atoms with Gasteiger partial charge in [0.1, 0.15) is 5.78 Å². The van der Waals surface area contributed by atoms with E-state index < -0.39 is 0 Å². The Labute approximate surface area is 105 Å². The van der Waals surface area contributed by atoms with Crippen LogP contribution in [0, 0.1) is 17.2 Å². The summed E-state index contributed by atoms with van der Waals surface area (Å²) in [5.74, 6) is 0.936. The fourth-order valence-electron chi connectivity index (χ4n) is 2.56. The standard InChI is InChI=1S/C14H24N2O/c1-12(2)11-16(10-6-9-15)13-7-4-3-5-8-14(13)17/h12-13H,3-8,10-11H2,1-2H3. The van der Waals surface area contributed by atoms with Gasteiger partial charge in [-0.3, -0.25) is 9.69 Å². The molecule has 0 spiro atoms. The molecule has 1 rings (SSSR count). The average Bonchev–Trinajstić information content (AvgIpc) is 2.49. The molecule has 1 aliphatic carbocycles. The van der Waals surface area contributed by atoms with Crippen molar-refractivity contribution >= 4 is 5.78 Å². The molecule has 3 nitrogen and oxygen atoms in total. The zero-order chi connectivity index (χ0) is 12.7. The number of nitriles is 1. The van der Waals surface area contributed by atoms with Crippen LogP contribution in [-0.4, -0.2) is 29.8 Å². The molecule has 1 saturated carbocycles. The van der Waals surface area contributed by atoms with Gasteiger partial charge in [0.05, 0.1) is 12.1 Å². The van der Waals surface area contributed by atoms with Crippen molar-refractivity contribution in [2.45, 2.75) is 58.4 Å². The van der Waals surface area contributed by atoms with Gasteiger partial charge in [0.25, 0.3) is 0 Å². The molecule has 0 aromatic carbocycles. The van der Waals surface area contributed by atoms with Crippen LogP contribution in [0.15, 0.2) is 0 Å². The van der Waals surface area contributed by atoms with Gasteiger partial charge in [-0.2, -0.15) is 5.26 Å². The van der Waals surface area contributed by atoms with Crippen LogP contribution < -0.4 is 0 Å². The molecule has 1 atom stereocenters. The van der Waals surface area contributed by atoms with Crippen molar-refractivity contribution in [1.82, 2.24) is 4.90 Å². The number of nitrogens with zero attached hydrogens (tertiary/aromatic N) is 2. The highest BCUT2D eigenvalue weighted by Crippen LogP contribution is 2.20. The monoisotopic (exact) mass is 236 g/mol. The van der Waals surface area contributed by atoms with Gasteiger partial charge in [0.15, 0.2) is 0 Å². The maximum absolute atomic E-state index is 12.1. The molecule has 0 aromatic heterocycles. The minimum atomic E-state index is 0.0771. The van der Waals surface area contributed by atoms with Gasteiger partial charge < -0.3 is 0 Å². The SMILES string of the molecule is CC(C)CN(CCC#N)C1CCCCCC1=O. The van der Waals surface area contributed by atoms with Gasteiger partial charge in [0.2, 0.25) is 0 Å². The molecule has 0 bridgehead atoms. The second-order valence-corrected chi connectivity index (χ2v) is 5.38. The summed E-state index contributed by atoms with van der Waals surface area (Å²) in [6, 6.07) is 2.27. The van der Waals surface area contributed by atoms with Crippen LogP contribution in [0.4, 0.5) is 0 Å². The topological polar surface area (TPSA) is 44.1 Å². The minimum absolute atomic E-state index is 0.0771. The van der Waals surface area contributed by atoms with Crippen molar-refractivity contribution < 1.29 is 4.79 Å². The number of carbonyl (C=O) groups is 1. The third-order valence-corrected chi connectivity index (χ3v) is 3.32. The van der Waals surface area contributed by atoms with Gasteiger partial charge in [-0.1, -0.05) is 26.7 Å². The Hall–Kier alpha value is -0.880. The molecule has 3 heteroatoms. The number of Topliss-reactive ketones (excluding diaryl/α,β-unsaturated/α-hetero) is 1. The van der Waals surface area contributed by atoms with E-state index in [1.165, 1.54) is 6.42 Å². The first kappa shape index (κ1) is 14.2. The van der Waals surface area contributed by atoms with E-state index in [9.17, 15) is 4.79 Å². The lowest BCUT2D eigenvalue weighted by molar-refractivity contribution is -0.124. The molecule has 0 aliphatic heterocycles. The van der Waals surface area contributed by atoms with Crippen molar-refractivity contribution in [3.8, 4) is 6.07 Å². The summed E-state index contributed by atoms with van der Waals surface area (Å²) in [6.45, 7) is 6.00. The molecule has 96 valence electrons. The van der Waals surface area contributed by atoms with Crippen molar-refractivity contribution in [3.63, 3.8) is 0 Å². The van der Waals surface area contributed by atoms with Crippen molar-refractivity contribution in [1.29, 1.82) is 5.26 Å². The molecule has 0 heterocycles. The van der Waals surface area contributed by atoms with Crippen LogP contribution in [-0.2, 0) is 4.79 Å². The molecule has 0 amide bonds. The van der Waals surface area contributed by atoms with Crippen LogP contribution in [0.3, 0.4) is 0 Å². The van der Waals surface area contributed by atoms with Crippen LogP contribution in [0.5, 0.6) is 0 Å². The Morgan fingerprint density at radius 1 is 1.41 bits per heavy atom. The molecule has 0 saturated heterocycles. The first-order valence-corrected chi connectivity index (χ1v) is 6.79. The van der Waals surface area contributed by atoms with Gasteiger partial charge in [-0.05, 0) is 18.8 Å². The predicted molar refractivity (Wildman–Crippen MR) is 68.5 cm³/mol. The first-order chi connectivity index (χ1) is 8.15. The van der Waals surface area contributed by atoms with E-state index in [1.54, 1.807) is 0 Å². The largest absolute Gasteiger partial charge is 0.298 e. The molecular weight excluding hydrogens is 212 g/mol. The van der Waals surface area contributed by atoms with Crippen molar-refractivity contribution in [2.24, 2.45) is 5.92 Å². The smallest absolute Gasteiger partial charge is 0.149 e. The summed E-state index contributed by atoms with van der Waals surface area (Å²) in [4.78, 5) is 14.3. The third-order valence-electron chi connectivity index (χ3n) is 3.32. The predicted octanol–water partition coefficient (Wildman–Crippen LogP) is 2.76. The summed E-state index contributed by atoms with van der Waals surface area (Å²) in [7, 11) is 0. The molecular formula is C14H24N2O. The number of hydrogen-bond acceptors (Lipinski definition) is 3. The van der Waals surface area contributed by atoms with Gasteiger partial charge in [-0.25, -0.2) is 0 Å². The lowest BCUT2D eigenvalue weighted by atomic mass is 10.0. The second kappa shape index (κ2) is 7.45. The van der Waals surface area contributed by atoms with Crippen LogP contribution in [0.2, 0.25) is 0 Å². The number of rotatable bonds is 5. The van der Waals surface area contributed by atoms with E-state index in [0.717, 1.165) is 38.8 Å². The highest BCUT2D eigenvalue weighted by Gasteiger charge is 2.26. The fourth-order valence-corrected chi connectivity index (χ4v) is 2.56. The zero-order valence-corrected chi connectivity index (χ0v) is 11.1. The van der Waals surface area contributed by atoms with Gasteiger partial charge in [-0.15, -0.1) is 0 Å². The zero-order valence-electron chi connectivity index (χ0n) is 11.1. The lowest BCUT2D eigenvalue weighted by Crippen LogP contribution is -2.43. The van der Waals surface area contributed by atoms with E-state index in [4.69, 9.17) is 5.26 Å². The Morgan fingerprint density at radius 2 is 2.18 bits per heavy atom. The quantitative estimate of drug-likeness (QED) is 0.689. The molecule has 17 heavy (non-hydrogen) atoms. The van der Waals surface area contributed by atoms with E-state index in [0.29, 0.717) is 18.1 Å². The summed E-state index contributed by atoms with van der Waals surface area (Å²) >= 11 is 0. The molecule has 1 aliphatic rings. The van der Waals surface area contributed by atoms with Crippen molar-refractivity contribution in [3.05, 3.63) is 0 Å². The summed E-state index contributed by atoms with van der Waals surface area (Å²) < 4.78 is 0. The normalized spacial score (nSPS) is 21.6.